The molecule has 12 heteroatoms. The van der Waals surface area contributed by atoms with E-state index in [-0.39, 0.29) is 18.0 Å². The number of carboxylic acids is 1. The Balaban J connectivity index is 2.26. The van der Waals surface area contributed by atoms with Crippen molar-refractivity contribution in [1.82, 2.24) is 0 Å². The molecule has 5 atom stereocenters. The lowest BCUT2D eigenvalue weighted by molar-refractivity contribution is -0.271. The third kappa shape index (κ3) is 5.20. The van der Waals surface area contributed by atoms with E-state index < -0.39 is 48.5 Å². The van der Waals surface area contributed by atoms with Crippen LogP contribution in [-0.4, -0.2) is 76.7 Å². The number of benzene rings is 1. The number of nitrogens with one attached hydrogen (secondary N) is 1. The van der Waals surface area contributed by atoms with Crippen molar-refractivity contribution in [2.45, 2.75) is 44.2 Å². The average Bonchev–Trinajstić information content (AvgIpc) is 2.61. The zero-order valence-corrected chi connectivity index (χ0v) is 14.6. The minimum Gasteiger partial charge on any atom is -0.479 e. The summed E-state index contributed by atoms with van der Waals surface area (Å²) in [6.45, 7) is 1.04. The van der Waals surface area contributed by atoms with Gasteiger partial charge in [0.05, 0.1) is 5.69 Å². The summed E-state index contributed by atoms with van der Waals surface area (Å²) in [5, 5.41) is 41.1. The molecule has 1 aliphatic heterocycles. The van der Waals surface area contributed by atoms with Crippen LogP contribution in [0, 0.1) is 0 Å². The van der Waals surface area contributed by atoms with Crippen LogP contribution in [0.4, 0.5) is 10.5 Å². The Morgan fingerprint density at radius 3 is 2.43 bits per heavy atom. The summed E-state index contributed by atoms with van der Waals surface area (Å²) in [6.07, 6.45) is -8.97. The molecule has 150 valence electrons. The molecule has 5 N–H and O–H groups in total. The summed E-state index contributed by atoms with van der Waals surface area (Å²) in [7, 11) is 4.90. The van der Waals surface area contributed by atoms with Gasteiger partial charge in [-0.3, -0.25) is 9.59 Å². The fourth-order valence-electron chi connectivity index (χ4n) is 2.49. The minimum absolute atomic E-state index is 0.0326. The highest BCUT2D eigenvalue weighted by molar-refractivity contribution is 6.55. The normalized spacial score (nSPS) is 26.9. The molecule has 1 aromatic rings. The number of carbonyl (C=O) groups is 3. The van der Waals surface area contributed by atoms with E-state index >= 15 is 0 Å². The van der Waals surface area contributed by atoms with Crippen molar-refractivity contribution in [2.24, 2.45) is 0 Å². The molecule has 3 unspecified atom stereocenters. The van der Waals surface area contributed by atoms with Crippen molar-refractivity contribution in [3.8, 4) is 5.75 Å². The fraction of sp³-hybridized carbons (Fsp3) is 0.438. The molecule has 1 heterocycles. The van der Waals surface area contributed by atoms with Crippen LogP contribution in [0.15, 0.2) is 18.2 Å². The number of hydrogen-bond donors (Lipinski definition) is 5. The lowest BCUT2D eigenvalue weighted by Crippen LogP contribution is -2.61. The molecule has 2 rings (SSSR count). The third-order valence-corrected chi connectivity index (χ3v) is 3.79. The Hall–Kier alpha value is -2.67. The number of rotatable bonds is 6. The quantitative estimate of drug-likeness (QED) is 0.365. The highest BCUT2D eigenvalue weighted by Crippen LogP contribution is 2.31. The van der Waals surface area contributed by atoms with Gasteiger partial charge in [-0.15, -0.1) is 0 Å². The van der Waals surface area contributed by atoms with Crippen molar-refractivity contribution >= 4 is 31.3 Å². The molecule has 0 bridgehead atoms. The monoisotopic (exact) mass is 395 g/mol. The molecule has 1 aromatic carbocycles. The number of aliphatic hydroxyl groups is 3. The van der Waals surface area contributed by atoms with Crippen LogP contribution in [-0.2, 0) is 25.7 Å². The Bertz CT molecular complexity index is 757. The predicted molar refractivity (Wildman–Crippen MR) is 91.6 cm³/mol. The van der Waals surface area contributed by atoms with Gasteiger partial charge in [0.2, 0.25) is 25.9 Å². The number of ether oxygens (including phenoxy) is 3. The van der Waals surface area contributed by atoms with Crippen LogP contribution < -0.4 is 10.1 Å². The van der Waals surface area contributed by atoms with Gasteiger partial charge in [0.1, 0.15) is 30.7 Å². The van der Waals surface area contributed by atoms with Crippen molar-refractivity contribution in [3.05, 3.63) is 23.8 Å². The van der Waals surface area contributed by atoms with Crippen molar-refractivity contribution in [3.63, 3.8) is 0 Å². The molecule has 0 spiro atoms. The van der Waals surface area contributed by atoms with Crippen LogP contribution in [0.3, 0.4) is 0 Å². The first-order valence-electron chi connectivity index (χ1n) is 8.02. The molecular formula is C16H18BNO10. The van der Waals surface area contributed by atoms with E-state index in [0.29, 0.717) is 5.56 Å². The third-order valence-electron chi connectivity index (χ3n) is 3.79. The standard InChI is InChI=1S/C16H18BNO10/c1-6(19)18-8-4-7(5-26-16(17)25)2-3-9(8)27-15-12(22)10(20)11(21)13(28-15)14(23)24/h2-4,10-13,15,20-22H,5H2,1H3,(H,18,19)(H,23,24)/t10?,11-,12+,13?,15?/m0/s1. The average molecular weight is 395 g/mol. The van der Waals surface area contributed by atoms with Gasteiger partial charge in [-0.1, -0.05) is 6.07 Å². The van der Waals surface area contributed by atoms with Crippen LogP contribution >= 0.6 is 0 Å². The van der Waals surface area contributed by atoms with E-state index in [2.05, 4.69) is 10.1 Å². The predicted octanol–water partition coefficient (Wildman–Crippen LogP) is -1.28. The van der Waals surface area contributed by atoms with E-state index in [0.717, 1.165) is 0 Å². The smallest absolute Gasteiger partial charge is 0.335 e. The highest BCUT2D eigenvalue weighted by Gasteiger charge is 2.48. The molecule has 0 aromatic heterocycles. The van der Waals surface area contributed by atoms with Crippen molar-refractivity contribution in [1.29, 1.82) is 0 Å². The molecule has 1 fully saturated rings. The number of hydrogen-bond acceptors (Lipinski definition) is 9. The maximum absolute atomic E-state index is 11.4. The van der Waals surface area contributed by atoms with Gasteiger partial charge in [-0.05, 0) is 17.7 Å². The fourth-order valence-corrected chi connectivity index (χ4v) is 2.49. The topological polar surface area (TPSA) is 172 Å². The largest absolute Gasteiger partial charge is 0.479 e. The number of carboxylic acid groups (broad SMARTS) is 1. The minimum atomic E-state index is -1.87. The van der Waals surface area contributed by atoms with Crippen LogP contribution in [0.2, 0.25) is 0 Å². The second-order valence-corrected chi connectivity index (χ2v) is 5.97. The molecule has 1 saturated heterocycles. The Kier molecular flexibility index (Phi) is 6.97. The zero-order chi connectivity index (χ0) is 21.0. The summed E-state index contributed by atoms with van der Waals surface area (Å²) in [6, 6.07) is 4.20. The molecule has 0 aliphatic carbocycles. The molecule has 1 amide bonds. The van der Waals surface area contributed by atoms with Gasteiger partial charge < -0.3 is 40.0 Å². The van der Waals surface area contributed by atoms with Gasteiger partial charge >= 0.3 is 5.97 Å². The van der Waals surface area contributed by atoms with Gasteiger partial charge in [0, 0.05) is 6.92 Å². The Morgan fingerprint density at radius 1 is 1.18 bits per heavy atom. The second-order valence-electron chi connectivity index (χ2n) is 5.97. The summed E-state index contributed by atoms with van der Waals surface area (Å²) in [4.78, 5) is 33.3. The van der Waals surface area contributed by atoms with Gasteiger partial charge in [0.25, 0.3) is 0 Å². The molecule has 1 aliphatic rings. The zero-order valence-electron chi connectivity index (χ0n) is 14.6. The molecule has 11 nitrogen and oxygen atoms in total. The molecule has 2 radical (unpaired) electrons. The van der Waals surface area contributed by atoms with E-state index in [1.165, 1.54) is 25.1 Å². The summed E-state index contributed by atoms with van der Waals surface area (Å²) in [5.41, 5.74) is 0.542. The Labute approximate surface area is 160 Å². The molecular weight excluding hydrogens is 377 g/mol. The summed E-state index contributed by atoms with van der Waals surface area (Å²) in [5.74, 6) is -3.06. The van der Waals surface area contributed by atoms with Crippen LogP contribution in [0.25, 0.3) is 0 Å². The van der Waals surface area contributed by atoms with Crippen molar-refractivity contribution < 1.29 is 49.0 Å². The van der Waals surface area contributed by atoms with Crippen LogP contribution in [0.5, 0.6) is 5.75 Å². The highest BCUT2D eigenvalue weighted by atomic mass is 16.7. The number of aliphatic carboxylic acids is 1. The van der Waals surface area contributed by atoms with E-state index in [9.17, 15) is 29.7 Å². The number of carbonyl (C=O) groups excluding carboxylic acids is 2. The Morgan fingerprint density at radius 2 is 1.86 bits per heavy atom. The van der Waals surface area contributed by atoms with Crippen LogP contribution in [0.1, 0.15) is 12.5 Å². The maximum atomic E-state index is 11.4. The van der Waals surface area contributed by atoms with Gasteiger partial charge in [-0.2, -0.15) is 0 Å². The second kappa shape index (κ2) is 9.02. The van der Waals surface area contributed by atoms with Crippen molar-refractivity contribution in [2.75, 3.05) is 5.32 Å². The molecule has 28 heavy (non-hydrogen) atoms. The van der Waals surface area contributed by atoms with Gasteiger partial charge in [-0.25, -0.2) is 4.79 Å². The lowest BCUT2D eigenvalue weighted by Gasteiger charge is -2.38. The van der Waals surface area contributed by atoms with E-state index in [1.807, 2.05) is 0 Å². The first kappa shape index (κ1) is 21.6. The first-order valence-corrected chi connectivity index (χ1v) is 8.02. The number of aliphatic hydroxyl groups excluding tert-OH is 3. The molecule has 0 saturated carbocycles. The summed E-state index contributed by atoms with van der Waals surface area (Å²) < 4.78 is 15.1. The van der Waals surface area contributed by atoms with E-state index in [1.54, 1.807) is 0 Å². The van der Waals surface area contributed by atoms with E-state index in [4.69, 9.17) is 22.4 Å². The first-order chi connectivity index (χ1) is 13.1. The number of amides is 1. The summed E-state index contributed by atoms with van der Waals surface area (Å²) >= 11 is 0. The number of anilines is 1. The van der Waals surface area contributed by atoms with Gasteiger partial charge in [0.15, 0.2) is 6.10 Å². The lowest BCUT2D eigenvalue weighted by atomic mass is 9.99. The maximum Gasteiger partial charge on any atom is 0.335 e. The SMILES string of the molecule is [B]C(=O)OCc1ccc(OC2OC(C(=O)O)[C@@H](O)C(O)[C@H]2O)c(NC(C)=O)c1.